The molecular weight excluding hydrogens is 266 g/mol. The van der Waals surface area contributed by atoms with Crippen LogP contribution in [0.2, 0.25) is 0 Å². The standard InChI is InChI=1S/C16H15N3O2/c1-19-11-13(10-17-19)16(20)18-15(14-8-5-9-21-14)12-6-3-2-4-7-12/h2-11,15H,1H3,(H,18,20). The molecule has 0 saturated heterocycles. The summed E-state index contributed by atoms with van der Waals surface area (Å²) in [6.07, 6.45) is 4.82. The first-order valence-electron chi connectivity index (χ1n) is 6.62. The average molecular weight is 281 g/mol. The van der Waals surface area contributed by atoms with E-state index in [0.29, 0.717) is 11.3 Å². The van der Waals surface area contributed by atoms with E-state index in [4.69, 9.17) is 4.42 Å². The third-order valence-electron chi connectivity index (χ3n) is 3.20. The number of carbonyl (C=O) groups excluding carboxylic acids is 1. The Labute approximate surface area is 122 Å². The largest absolute Gasteiger partial charge is 0.467 e. The van der Waals surface area contributed by atoms with Crippen LogP contribution in [0.25, 0.3) is 0 Å². The van der Waals surface area contributed by atoms with Gasteiger partial charge in [-0.15, -0.1) is 0 Å². The molecule has 0 aliphatic heterocycles. The fourth-order valence-electron chi connectivity index (χ4n) is 2.17. The van der Waals surface area contributed by atoms with E-state index in [1.54, 1.807) is 30.4 Å². The number of carbonyl (C=O) groups is 1. The average Bonchev–Trinajstić information content (AvgIpc) is 3.17. The van der Waals surface area contributed by atoms with Crippen LogP contribution in [0.15, 0.2) is 65.5 Å². The van der Waals surface area contributed by atoms with Crippen LogP contribution in [-0.2, 0) is 7.05 Å². The lowest BCUT2D eigenvalue weighted by Crippen LogP contribution is -2.28. The lowest BCUT2D eigenvalue weighted by atomic mass is 10.0. The summed E-state index contributed by atoms with van der Waals surface area (Å²) in [5, 5.41) is 6.99. The minimum absolute atomic E-state index is 0.187. The van der Waals surface area contributed by atoms with Gasteiger partial charge in [0.25, 0.3) is 5.91 Å². The molecule has 106 valence electrons. The van der Waals surface area contributed by atoms with Gasteiger partial charge < -0.3 is 9.73 Å². The first kappa shape index (κ1) is 13.2. The number of hydrogen-bond donors (Lipinski definition) is 1. The molecule has 2 aromatic heterocycles. The normalized spacial score (nSPS) is 12.0. The summed E-state index contributed by atoms with van der Waals surface area (Å²) >= 11 is 0. The van der Waals surface area contributed by atoms with E-state index in [0.717, 1.165) is 5.56 Å². The minimum Gasteiger partial charge on any atom is -0.467 e. The van der Waals surface area contributed by atoms with Crippen molar-refractivity contribution in [3.63, 3.8) is 0 Å². The molecule has 0 radical (unpaired) electrons. The lowest BCUT2D eigenvalue weighted by Gasteiger charge is -2.16. The zero-order chi connectivity index (χ0) is 14.7. The summed E-state index contributed by atoms with van der Waals surface area (Å²) < 4.78 is 7.05. The smallest absolute Gasteiger partial charge is 0.255 e. The van der Waals surface area contributed by atoms with E-state index in [9.17, 15) is 4.79 Å². The van der Waals surface area contributed by atoms with Crippen molar-refractivity contribution in [2.45, 2.75) is 6.04 Å². The second-order valence-corrected chi connectivity index (χ2v) is 4.74. The van der Waals surface area contributed by atoms with E-state index >= 15 is 0 Å². The molecule has 5 nitrogen and oxygen atoms in total. The van der Waals surface area contributed by atoms with Crippen molar-refractivity contribution in [1.82, 2.24) is 15.1 Å². The van der Waals surface area contributed by atoms with Crippen molar-refractivity contribution in [3.05, 3.63) is 78.0 Å². The van der Waals surface area contributed by atoms with Gasteiger partial charge >= 0.3 is 0 Å². The van der Waals surface area contributed by atoms with Crippen LogP contribution < -0.4 is 5.32 Å². The monoisotopic (exact) mass is 281 g/mol. The second-order valence-electron chi connectivity index (χ2n) is 4.74. The van der Waals surface area contributed by atoms with Crippen LogP contribution in [0, 0.1) is 0 Å². The highest BCUT2D eigenvalue weighted by Gasteiger charge is 2.20. The zero-order valence-electron chi connectivity index (χ0n) is 11.6. The highest BCUT2D eigenvalue weighted by Crippen LogP contribution is 2.22. The zero-order valence-corrected chi connectivity index (χ0v) is 11.6. The van der Waals surface area contributed by atoms with Crippen LogP contribution >= 0.6 is 0 Å². The summed E-state index contributed by atoms with van der Waals surface area (Å²) in [4.78, 5) is 12.3. The van der Waals surface area contributed by atoms with Gasteiger partial charge in [-0.1, -0.05) is 30.3 Å². The van der Waals surface area contributed by atoms with Gasteiger partial charge in [0.2, 0.25) is 0 Å². The number of aryl methyl sites for hydroxylation is 1. The van der Waals surface area contributed by atoms with Crippen LogP contribution in [0.4, 0.5) is 0 Å². The molecule has 1 aromatic carbocycles. The Kier molecular flexibility index (Phi) is 3.55. The van der Waals surface area contributed by atoms with Crippen molar-refractivity contribution in [3.8, 4) is 0 Å². The number of hydrogen-bond acceptors (Lipinski definition) is 3. The predicted octanol–water partition coefficient (Wildman–Crippen LogP) is 2.53. The molecule has 5 heteroatoms. The van der Waals surface area contributed by atoms with Gasteiger partial charge in [0, 0.05) is 13.2 Å². The molecule has 0 saturated carbocycles. The lowest BCUT2D eigenvalue weighted by molar-refractivity contribution is 0.0939. The molecule has 0 aliphatic carbocycles. The van der Waals surface area contributed by atoms with Gasteiger partial charge in [-0.3, -0.25) is 9.48 Å². The number of rotatable bonds is 4. The van der Waals surface area contributed by atoms with Crippen molar-refractivity contribution in [2.24, 2.45) is 7.05 Å². The van der Waals surface area contributed by atoms with Gasteiger partial charge in [-0.25, -0.2) is 0 Å². The number of amides is 1. The topological polar surface area (TPSA) is 60.1 Å². The van der Waals surface area contributed by atoms with Crippen LogP contribution in [-0.4, -0.2) is 15.7 Å². The van der Waals surface area contributed by atoms with E-state index in [2.05, 4.69) is 10.4 Å². The minimum atomic E-state index is -0.325. The number of nitrogens with zero attached hydrogens (tertiary/aromatic N) is 2. The number of furan rings is 1. The van der Waals surface area contributed by atoms with E-state index in [1.807, 2.05) is 42.5 Å². The molecular formula is C16H15N3O2. The van der Waals surface area contributed by atoms with Crippen LogP contribution in [0.5, 0.6) is 0 Å². The molecule has 1 amide bonds. The predicted molar refractivity (Wildman–Crippen MR) is 77.7 cm³/mol. The maximum Gasteiger partial charge on any atom is 0.255 e. The van der Waals surface area contributed by atoms with Gasteiger partial charge in [-0.2, -0.15) is 5.10 Å². The summed E-state index contributed by atoms with van der Waals surface area (Å²) in [7, 11) is 1.78. The molecule has 0 spiro atoms. The highest BCUT2D eigenvalue weighted by atomic mass is 16.3. The van der Waals surface area contributed by atoms with E-state index in [-0.39, 0.29) is 11.9 Å². The summed E-state index contributed by atoms with van der Waals surface area (Å²) in [6.45, 7) is 0. The Bertz CT molecular complexity index is 717. The fourth-order valence-corrected chi connectivity index (χ4v) is 2.17. The van der Waals surface area contributed by atoms with E-state index in [1.165, 1.54) is 0 Å². The molecule has 3 rings (SSSR count). The molecule has 0 aliphatic rings. The highest BCUT2D eigenvalue weighted by molar-refractivity contribution is 5.94. The first-order chi connectivity index (χ1) is 10.2. The van der Waals surface area contributed by atoms with Gasteiger partial charge in [-0.05, 0) is 17.7 Å². The van der Waals surface area contributed by atoms with Gasteiger partial charge in [0.15, 0.2) is 0 Å². The maximum absolute atomic E-state index is 12.3. The third-order valence-corrected chi connectivity index (χ3v) is 3.20. The second kappa shape index (κ2) is 5.66. The van der Waals surface area contributed by atoms with Crippen molar-refractivity contribution in [2.75, 3.05) is 0 Å². The Morgan fingerprint density at radius 2 is 2.05 bits per heavy atom. The fraction of sp³-hybridized carbons (Fsp3) is 0.125. The molecule has 0 bridgehead atoms. The summed E-state index contributed by atoms with van der Waals surface area (Å²) in [5.74, 6) is 0.506. The van der Waals surface area contributed by atoms with Crippen molar-refractivity contribution < 1.29 is 9.21 Å². The number of benzene rings is 1. The van der Waals surface area contributed by atoms with Crippen molar-refractivity contribution >= 4 is 5.91 Å². The molecule has 2 heterocycles. The van der Waals surface area contributed by atoms with Gasteiger partial charge in [0.1, 0.15) is 11.8 Å². The number of aromatic nitrogens is 2. The van der Waals surface area contributed by atoms with E-state index < -0.39 is 0 Å². The summed E-state index contributed by atoms with van der Waals surface area (Å²) in [6, 6.07) is 13.0. The first-order valence-corrected chi connectivity index (χ1v) is 6.62. The van der Waals surface area contributed by atoms with Crippen LogP contribution in [0.1, 0.15) is 27.7 Å². The SMILES string of the molecule is Cn1cc(C(=O)NC(c2ccccc2)c2ccco2)cn1. The van der Waals surface area contributed by atoms with Crippen molar-refractivity contribution in [1.29, 1.82) is 0 Å². The number of nitrogens with one attached hydrogen (secondary N) is 1. The molecule has 21 heavy (non-hydrogen) atoms. The summed E-state index contributed by atoms with van der Waals surface area (Å²) in [5.41, 5.74) is 1.48. The molecule has 3 aromatic rings. The maximum atomic E-state index is 12.3. The Morgan fingerprint density at radius 3 is 2.67 bits per heavy atom. The third kappa shape index (κ3) is 2.86. The van der Waals surface area contributed by atoms with Crippen LogP contribution in [0.3, 0.4) is 0 Å². The molecule has 1 N–H and O–H groups in total. The Morgan fingerprint density at radius 1 is 1.24 bits per heavy atom. The quantitative estimate of drug-likeness (QED) is 0.799. The van der Waals surface area contributed by atoms with Gasteiger partial charge in [0.05, 0.1) is 18.0 Å². The Balaban J connectivity index is 1.88. The molecule has 0 fully saturated rings. The molecule has 1 unspecified atom stereocenters. The Hall–Kier alpha value is -2.82. The molecule has 1 atom stereocenters.